The molecule has 1 aromatic heterocycles. The number of hydrogen-bond acceptors (Lipinski definition) is 5. The molecule has 0 aliphatic heterocycles. The van der Waals surface area contributed by atoms with Crippen LogP contribution in [0.25, 0.3) is 10.9 Å². The van der Waals surface area contributed by atoms with Gasteiger partial charge in [0.25, 0.3) is 0 Å². The molecule has 0 saturated carbocycles. The molecule has 32 heavy (non-hydrogen) atoms. The quantitative estimate of drug-likeness (QED) is 0.318. The number of carbonyl (C=O) groups is 1. The fraction of sp³-hybridized carbons (Fsp3) is 0.120. The van der Waals surface area contributed by atoms with Gasteiger partial charge in [0.2, 0.25) is 0 Å². The Morgan fingerprint density at radius 1 is 0.906 bits per heavy atom. The van der Waals surface area contributed by atoms with Gasteiger partial charge in [-0.1, -0.05) is 53.5 Å². The molecule has 0 fully saturated rings. The summed E-state index contributed by atoms with van der Waals surface area (Å²) in [5.74, 6) is 0.519. The molecule has 0 atom stereocenters. The topological polar surface area (TPSA) is 60.5 Å². The number of benzene rings is 3. The molecule has 0 unspecified atom stereocenters. The van der Waals surface area contributed by atoms with Crippen LogP contribution in [0.1, 0.15) is 12.6 Å². The van der Waals surface area contributed by atoms with E-state index in [2.05, 4.69) is 21.1 Å². The highest BCUT2D eigenvalue weighted by molar-refractivity contribution is 6.39. The van der Waals surface area contributed by atoms with Crippen LogP contribution in [0.4, 0.5) is 11.4 Å². The third-order valence-electron chi connectivity index (χ3n) is 4.42. The second-order valence-electron chi connectivity index (χ2n) is 6.73. The molecule has 164 valence electrons. The Labute approximate surface area is 196 Å². The van der Waals surface area contributed by atoms with Gasteiger partial charge >= 0.3 is 5.97 Å². The zero-order valence-corrected chi connectivity index (χ0v) is 19.2. The number of hydrogen-bond donors (Lipinski definition) is 1. The van der Waals surface area contributed by atoms with Crippen molar-refractivity contribution in [2.24, 2.45) is 0 Å². The van der Waals surface area contributed by atoms with Crippen molar-refractivity contribution in [2.45, 2.75) is 13.5 Å². The first kappa shape index (κ1) is 23.4. The maximum absolute atomic E-state index is 9.59. The van der Waals surface area contributed by atoms with Gasteiger partial charge in [-0.05, 0) is 48.5 Å². The van der Waals surface area contributed by atoms with Crippen molar-refractivity contribution in [3.63, 3.8) is 0 Å². The fourth-order valence-electron chi connectivity index (χ4n) is 2.74. The Balaban J connectivity index is 0.000000523. The molecule has 0 amide bonds. The number of esters is 1. The van der Waals surface area contributed by atoms with Crippen LogP contribution in [0.5, 0.6) is 5.75 Å². The maximum atomic E-state index is 9.59. The highest BCUT2D eigenvalue weighted by atomic mass is 35.5. The number of halogens is 2. The van der Waals surface area contributed by atoms with E-state index in [0.29, 0.717) is 22.3 Å². The number of pyridine rings is 1. The van der Waals surface area contributed by atoms with Crippen LogP contribution in [-0.2, 0) is 16.1 Å². The third-order valence-corrected chi connectivity index (χ3v) is 5.05. The van der Waals surface area contributed by atoms with E-state index >= 15 is 0 Å². The van der Waals surface area contributed by atoms with Gasteiger partial charge in [-0.15, -0.1) is 0 Å². The van der Waals surface area contributed by atoms with Gasteiger partial charge in [0, 0.05) is 18.0 Å². The minimum absolute atomic E-state index is 0.245. The summed E-state index contributed by atoms with van der Waals surface area (Å²) in [5.41, 5.74) is 3.42. The SMILES string of the molecule is COC(C)=O.Clc1cccc(Cl)c1Nc1ccc(OCc2ccc3ccccc3n2)cc1. The number of nitrogens with zero attached hydrogens (tertiary/aromatic N) is 1. The molecule has 0 aliphatic carbocycles. The Hall–Kier alpha value is -3.28. The van der Waals surface area contributed by atoms with E-state index in [1.54, 1.807) is 12.1 Å². The first-order valence-electron chi connectivity index (χ1n) is 9.79. The zero-order chi connectivity index (χ0) is 22.9. The van der Waals surface area contributed by atoms with Gasteiger partial charge in [-0.3, -0.25) is 4.79 Å². The molecule has 0 bridgehead atoms. The van der Waals surface area contributed by atoms with Gasteiger partial charge in [-0.2, -0.15) is 0 Å². The number of ether oxygens (including phenoxy) is 2. The summed E-state index contributed by atoms with van der Waals surface area (Å²) < 4.78 is 9.96. The summed E-state index contributed by atoms with van der Waals surface area (Å²) >= 11 is 12.4. The van der Waals surface area contributed by atoms with Crippen molar-refractivity contribution in [3.8, 4) is 5.75 Å². The number of rotatable bonds is 5. The lowest BCUT2D eigenvalue weighted by Crippen LogP contribution is -1.98. The van der Waals surface area contributed by atoms with Crippen LogP contribution in [0.15, 0.2) is 78.9 Å². The highest BCUT2D eigenvalue weighted by Gasteiger charge is 2.06. The van der Waals surface area contributed by atoms with Crippen molar-refractivity contribution < 1.29 is 14.3 Å². The fourth-order valence-corrected chi connectivity index (χ4v) is 3.23. The van der Waals surface area contributed by atoms with Gasteiger partial charge in [0.05, 0.1) is 34.1 Å². The lowest BCUT2D eigenvalue weighted by Gasteiger charge is -2.11. The van der Waals surface area contributed by atoms with Crippen LogP contribution < -0.4 is 10.1 Å². The zero-order valence-electron chi connectivity index (χ0n) is 17.6. The number of fused-ring (bicyclic) bond motifs is 1. The van der Waals surface area contributed by atoms with E-state index in [-0.39, 0.29) is 5.97 Å². The summed E-state index contributed by atoms with van der Waals surface area (Å²) in [4.78, 5) is 14.2. The van der Waals surface area contributed by atoms with E-state index in [1.165, 1.54) is 14.0 Å². The lowest BCUT2D eigenvalue weighted by atomic mass is 10.2. The monoisotopic (exact) mass is 468 g/mol. The molecule has 5 nitrogen and oxygen atoms in total. The number of aromatic nitrogens is 1. The van der Waals surface area contributed by atoms with Crippen molar-refractivity contribution in [2.75, 3.05) is 12.4 Å². The van der Waals surface area contributed by atoms with Crippen LogP contribution in [0, 0.1) is 0 Å². The predicted molar refractivity (Wildman–Crippen MR) is 130 cm³/mol. The smallest absolute Gasteiger partial charge is 0.302 e. The Morgan fingerprint density at radius 2 is 1.56 bits per heavy atom. The predicted octanol–water partition coefficient (Wildman–Crippen LogP) is 7.04. The van der Waals surface area contributed by atoms with E-state index in [4.69, 9.17) is 27.9 Å². The summed E-state index contributed by atoms with van der Waals surface area (Å²) in [5, 5.41) is 5.50. The highest BCUT2D eigenvalue weighted by Crippen LogP contribution is 2.33. The molecular formula is C25H22Cl2N2O3. The van der Waals surface area contributed by atoms with Crippen LogP contribution in [0.3, 0.4) is 0 Å². The molecule has 1 heterocycles. The standard InChI is InChI=1S/C22H16Cl2N2O.C3H6O2/c23-19-5-3-6-20(24)22(19)26-16-10-12-18(13-11-16)27-14-17-9-8-15-4-1-2-7-21(15)25-17;1-3(4)5-2/h1-13,26H,14H2;1-2H3. The third kappa shape index (κ3) is 6.61. The van der Waals surface area contributed by atoms with Crippen molar-refractivity contribution >= 4 is 51.4 Å². The molecule has 0 aliphatic rings. The first-order valence-corrected chi connectivity index (χ1v) is 10.5. The van der Waals surface area contributed by atoms with E-state index < -0.39 is 0 Å². The first-order chi connectivity index (χ1) is 15.5. The van der Waals surface area contributed by atoms with Gasteiger partial charge < -0.3 is 14.8 Å². The van der Waals surface area contributed by atoms with E-state index in [9.17, 15) is 4.79 Å². The average molecular weight is 469 g/mol. The van der Waals surface area contributed by atoms with Crippen LogP contribution in [0.2, 0.25) is 10.0 Å². The van der Waals surface area contributed by atoms with Crippen LogP contribution >= 0.6 is 23.2 Å². The molecule has 0 radical (unpaired) electrons. The number of nitrogens with one attached hydrogen (secondary N) is 1. The number of anilines is 2. The molecule has 4 rings (SSSR count). The van der Waals surface area contributed by atoms with Gasteiger partial charge in [-0.25, -0.2) is 4.98 Å². The van der Waals surface area contributed by atoms with Gasteiger partial charge in [0.15, 0.2) is 0 Å². The lowest BCUT2D eigenvalue weighted by molar-refractivity contribution is -0.137. The van der Waals surface area contributed by atoms with Crippen molar-refractivity contribution in [1.82, 2.24) is 4.98 Å². The largest absolute Gasteiger partial charge is 0.487 e. The summed E-state index contributed by atoms with van der Waals surface area (Å²) in [6.07, 6.45) is 0. The van der Waals surface area contributed by atoms with E-state index in [0.717, 1.165) is 28.0 Å². The normalized spacial score (nSPS) is 10.1. The Morgan fingerprint density at radius 3 is 2.22 bits per heavy atom. The van der Waals surface area contributed by atoms with Crippen LogP contribution in [-0.4, -0.2) is 18.1 Å². The average Bonchev–Trinajstić information content (AvgIpc) is 2.81. The summed E-state index contributed by atoms with van der Waals surface area (Å²) in [6.45, 7) is 1.77. The second-order valence-corrected chi connectivity index (χ2v) is 7.54. The Kier molecular flexibility index (Phi) is 8.31. The molecule has 1 N–H and O–H groups in total. The molecule has 0 spiro atoms. The molecular weight excluding hydrogens is 447 g/mol. The minimum Gasteiger partial charge on any atom is -0.487 e. The summed E-state index contributed by atoms with van der Waals surface area (Å²) in [6, 6.07) is 25.1. The van der Waals surface area contributed by atoms with Crippen molar-refractivity contribution in [3.05, 3.63) is 94.6 Å². The molecule has 7 heteroatoms. The molecule has 4 aromatic rings. The summed E-state index contributed by atoms with van der Waals surface area (Å²) in [7, 11) is 1.35. The maximum Gasteiger partial charge on any atom is 0.302 e. The minimum atomic E-state index is -0.245. The number of carbonyl (C=O) groups excluding carboxylic acids is 1. The Bertz CT molecular complexity index is 1180. The van der Waals surface area contributed by atoms with Crippen molar-refractivity contribution in [1.29, 1.82) is 0 Å². The number of methoxy groups -OCH3 is 1. The molecule has 0 saturated heterocycles. The second kappa shape index (κ2) is 11.4. The number of para-hydroxylation sites is 2. The molecule has 3 aromatic carbocycles. The van der Waals surface area contributed by atoms with E-state index in [1.807, 2.05) is 60.7 Å². The van der Waals surface area contributed by atoms with Gasteiger partial charge in [0.1, 0.15) is 12.4 Å².